The Morgan fingerprint density at radius 3 is 2.15 bits per heavy atom. The number of nitrogens with two attached hydrogens (primary N) is 1. The smallest absolute Gasteiger partial charge is 0.268 e. The van der Waals surface area contributed by atoms with Gasteiger partial charge in [0, 0.05) is 43.5 Å². The quantitative estimate of drug-likeness (QED) is 0.862. The minimum absolute atomic E-state index is 0.0228. The Morgan fingerprint density at radius 1 is 1.04 bits per heavy atom. The molecule has 7 nitrogen and oxygen atoms in total. The van der Waals surface area contributed by atoms with Crippen molar-refractivity contribution in [3.63, 3.8) is 0 Å². The number of rotatable bonds is 3. The average molecular weight is 362 g/mol. The highest BCUT2D eigenvalue weighted by atomic mass is 16.1. The second kappa shape index (κ2) is 7.53. The molecule has 0 spiro atoms. The Labute approximate surface area is 158 Å². The van der Waals surface area contributed by atoms with Gasteiger partial charge in [-0.1, -0.05) is 12.1 Å². The zero-order chi connectivity index (χ0) is 19.6. The number of hydrogen-bond acceptors (Lipinski definition) is 6. The van der Waals surface area contributed by atoms with E-state index in [2.05, 4.69) is 28.6 Å². The molecule has 1 aromatic carbocycles. The fraction of sp³-hybridized carbons (Fsp3) is 0.350. The molecule has 27 heavy (non-hydrogen) atoms. The lowest BCUT2D eigenvalue weighted by Gasteiger charge is -2.38. The molecule has 0 unspecified atom stereocenters. The third-order valence-corrected chi connectivity index (χ3v) is 5.03. The van der Waals surface area contributed by atoms with E-state index in [0.717, 1.165) is 31.9 Å². The van der Waals surface area contributed by atoms with Crippen LogP contribution in [-0.4, -0.2) is 42.1 Å². The third-order valence-electron chi connectivity index (χ3n) is 5.03. The van der Waals surface area contributed by atoms with Crippen molar-refractivity contribution < 1.29 is 0 Å². The molecule has 0 aliphatic carbocycles. The number of nitrogen functional groups attached to an aromatic ring is 1. The molecule has 138 valence electrons. The van der Waals surface area contributed by atoms with E-state index < -0.39 is 5.56 Å². The van der Waals surface area contributed by atoms with Crippen molar-refractivity contribution in [3.05, 3.63) is 45.7 Å². The summed E-state index contributed by atoms with van der Waals surface area (Å²) in [5.41, 5.74) is 7.21. The lowest BCUT2D eigenvalue weighted by molar-refractivity contribution is 0.209. The van der Waals surface area contributed by atoms with Crippen LogP contribution in [-0.2, 0) is 0 Å². The minimum atomic E-state index is -0.585. The van der Waals surface area contributed by atoms with E-state index in [-0.39, 0.29) is 22.5 Å². The molecule has 2 aromatic rings. The molecular formula is C20H22N6O. The van der Waals surface area contributed by atoms with Crippen LogP contribution in [0.3, 0.4) is 0 Å². The lowest BCUT2D eigenvalue weighted by atomic mass is 9.96. The zero-order valence-electron chi connectivity index (χ0n) is 15.5. The maximum absolute atomic E-state index is 12.1. The lowest BCUT2D eigenvalue weighted by Crippen LogP contribution is -2.48. The Kier molecular flexibility index (Phi) is 5.16. The van der Waals surface area contributed by atoms with Crippen molar-refractivity contribution in [3.8, 4) is 23.3 Å². The molecule has 0 atom stereocenters. The number of H-pyrrole nitrogens is 1. The van der Waals surface area contributed by atoms with Crippen molar-refractivity contribution in [2.24, 2.45) is 0 Å². The number of hydrogen-bond donors (Lipinski definition) is 2. The van der Waals surface area contributed by atoms with Gasteiger partial charge in [0.2, 0.25) is 0 Å². The number of aromatic amines is 1. The van der Waals surface area contributed by atoms with Crippen molar-refractivity contribution >= 4 is 11.5 Å². The van der Waals surface area contributed by atoms with E-state index in [9.17, 15) is 15.3 Å². The Balaban J connectivity index is 1.93. The average Bonchev–Trinajstić information content (AvgIpc) is 2.67. The standard InChI is InChI=1S/C20H22N6O/c1-13(2)25-7-9-26(10-8-25)15-5-3-14(4-6-15)18-16(11-21)19(23)24-20(27)17(18)12-22/h3-6,13H,7-10H2,1-2H3,(H3,23,24,27). The summed E-state index contributed by atoms with van der Waals surface area (Å²) in [6, 6.07) is 12.0. The van der Waals surface area contributed by atoms with Crippen LogP contribution >= 0.6 is 0 Å². The molecule has 1 saturated heterocycles. The van der Waals surface area contributed by atoms with Gasteiger partial charge in [0.05, 0.1) is 0 Å². The predicted molar refractivity (Wildman–Crippen MR) is 105 cm³/mol. The van der Waals surface area contributed by atoms with E-state index >= 15 is 0 Å². The number of aromatic nitrogens is 1. The van der Waals surface area contributed by atoms with Gasteiger partial charge in [-0.2, -0.15) is 10.5 Å². The molecule has 0 amide bonds. The Bertz CT molecular complexity index is 970. The molecule has 1 fully saturated rings. The minimum Gasteiger partial charge on any atom is -0.384 e. The number of nitriles is 2. The number of benzene rings is 1. The normalized spacial score (nSPS) is 14.8. The van der Waals surface area contributed by atoms with E-state index in [1.54, 1.807) is 0 Å². The summed E-state index contributed by atoms with van der Waals surface area (Å²) in [6.07, 6.45) is 0. The van der Waals surface area contributed by atoms with Crippen molar-refractivity contribution in [1.29, 1.82) is 10.5 Å². The van der Waals surface area contributed by atoms with Gasteiger partial charge in [-0.05, 0) is 31.5 Å². The van der Waals surface area contributed by atoms with E-state index in [1.807, 2.05) is 36.4 Å². The summed E-state index contributed by atoms with van der Waals surface area (Å²) in [4.78, 5) is 19.2. The van der Waals surface area contributed by atoms with E-state index in [1.165, 1.54) is 0 Å². The molecule has 2 heterocycles. The molecule has 3 N–H and O–H groups in total. The molecule has 0 bridgehead atoms. The first kappa shape index (κ1) is 18.5. The van der Waals surface area contributed by atoms with Gasteiger partial charge >= 0.3 is 0 Å². The van der Waals surface area contributed by atoms with Crippen LogP contribution in [0.2, 0.25) is 0 Å². The van der Waals surface area contributed by atoms with Gasteiger partial charge in [0.1, 0.15) is 29.1 Å². The van der Waals surface area contributed by atoms with E-state index in [4.69, 9.17) is 5.73 Å². The summed E-state index contributed by atoms with van der Waals surface area (Å²) >= 11 is 0. The van der Waals surface area contributed by atoms with Gasteiger partial charge in [-0.25, -0.2) is 0 Å². The number of nitrogens with zero attached hydrogens (tertiary/aromatic N) is 4. The largest absolute Gasteiger partial charge is 0.384 e. The fourth-order valence-corrected chi connectivity index (χ4v) is 3.47. The van der Waals surface area contributed by atoms with Crippen LogP contribution < -0.4 is 16.2 Å². The molecule has 7 heteroatoms. The first-order chi connectivity index (χ1) is 13.0. The zero-order valence-corrected chi connectivity index (χ0v) is 15.5. The third kappa shape index (κ3) is 3.51. The number of anilines is 2. The summed E-state index contributed by atoms with van der Waals surface area (Å²) in [5, 5.41) is 18.8. The number of pyridine rings is 1. The number of piperazine rings is 1. The second-order valence-electron chi connectivity index (χ2n) is 6.88. The van der Waals surface area contributed by atoms with Gasteiger partial charge in [-0.3, -0.25) is 9.69 Å². The van der Waals surface area contributed by atoms with Crippen LogP contribution in [0.25, 0.3) is 11.1 Å². The molecule has 1 aliphatic rings. The topological polar surface area (TPSA) is 113 Å². The molecule has 0 radical (unpaired) electrons. The summed E-state index contributed by atoms with van der Waals surface area (Å²) in [6.45, 7) is 8.33. The van der Waals surface area contributed by atoms with Crippen molar-refractivity contribution in [1.82, 2.24) is 9.88 Å². The summed E-state index contributed by atoms with van der Waals surface area (Å²) < 4.78 is 0. The maximum atomic E-state index is 12.1. The highest BCUT2D eigenvalue weighted by molar-refractivity contribution is 5.80. The Hall–Kier alpha value is -3.29. The molecule has 3 rings (SSSR count). The fourth-order valence-electron chi connectivity index (χ4n) is 3.47. The van der Waals surface area contributed by atoms with Crippen LogP contribution in [0.1, 0.15) is 25.0 Å². The van der Waals surface area contributed by atoms with Crippen LogP contribution in [0, 0.1) is 22.7 Å². The van der Waals surface area contributed by atoms with Gasteiger partial charge in [0.25, 0.3) is 5.56 Å². The first-order valence-corrected chi connectivity index (χ1v) is 8.91. The first-order valence-electron chi connectivity index (χ1n) is 8.91. The molecule has 1 aliphatic heterocycles. The molecule has 0 saturated carbocycles. The van der Waals surface area contributed by atoms with Crippen LogP contribution in [0.15, 0.2) is 29.1 Å². The predicted octanol–water partition coefficient (Wildman–Crippen LogP) is 1.90. The molecular weight excluding hydrogens is 340 g/mol. The van der Waals surface area contributed by atoms with E-state index in [0.29, 0.717) is 11.6 Å². The highest BCUT2D eigenvalue weighted by Gasteiger charge is 2.20. The highest BCUT2D eigenvalue weighted by Crippen LogP contribution is 2.30. The SMILES string of the molecule is CC(C)N1CCN(c2ccc(-c3c(C#N)c(N)[nH]c(=O)c3C#N)cc2)CC1. The second-order valence-corrected chi connectivity index (χ2v) is 6.88. The summed E-state index contributed by atoms with van der Waals surface area (Å²) in [5.74, 6) is -0.0228. The van der Waals surface area contributed by atoms with Crippen molar-refractivity contribution in [2.45, 2.75) is 19.9 Å². The monoisotopic (exact) mass is 362 g/mol. The van der Waals surface area contributed by atoms with Crippen LogP contribution in [0.5, 0.6) is 0 Å². The number of nitrogens with one attached hydrogen (secondary N) is 1. The van der Waals surface area contributed by atoms with Crippen molar-refractivity contribution in [2.75, 3.05) is 36.8 Å². The van der Waals surface area contributed by atoms with Gasteiger partial charge in [-0.15, -0.1) is 0 Å². The van der Waals surface area contributed by atoms with Gasteiger partial charge < -0.3 is 15.6 Å². The molecule has 1 aromatic heterocycles. The van der Waals surface area contributed by atoms with Gasteiger partial charge in [0.15, 0.2) is 0 Å². The maximum Gasteiger partial charge on any atom is 0.268 e. The Morgan fingerprint density at radius 2 is 1.63 bits per heavy atom. The van der Waals surface area contributed by atoms with Crippen LogP contribution in [0.4, 0.5) is 11.5 Å². The summed E-state index contributed by atoms with van der Waals surface area (Å²) in [7, 11) is 0.